The van der Waals surface area contributed by atoms with Crippen LogP contribution in [0.5, 0.6) is 0 Å². The molecule has 6 heteroatoms. The van der Waals surface area contributed by atoms with E-state index in [1.807, 2.05) is 13.8 Å². The summed E-state index contributed by atoms with van der Waals surface area (Å²) in [5.74, 6) is 0.446. The van der Waals surface area contributed by atoms with Gasteiger partial charge in [0.25, 0.3) is 0 Å². The number of carboxylic acid groups (broad SMARTS) is 1. The second-order valence-corrected chi connectivity index (χ2v) is 15.0. The van der Waals surface area contributed by atoms with Crippen molar-refractivity contribution in [3.8, 4) is 0 Å². The van der Waals surface area contributed by atoms with Crippen LogP contribution < -0.4 is 5.32 Å². The molecule has 1 amide bonds. The molecule has 2 aliphatic rings. The number of carbonyl (C=O) groups excluding carboxylic acids is 1. The molecule has 2 fully saturated rings. The van der Waals surface area contributed by atoms with E-state index in [1.54, 1.807) is 0 Å². The lowest BCUT2D eigenvalue weighted by atomic mass is 10.1. The van der Waals surface area contributed by atoms with Gasteiger partial charge >= 0.3 is 12.1 Å². The third-order valence-electron chi connectivity index (χ3n) is 5.77. The van der Waals surface area contributed by atoms with Crippen molar-refractivity contribution in [2.75, 3.05) is 6.61 Å². The summed E-state index contributed by atoms with van der Waals surface area (Å²) in [5, 5.41) is 11.6. The number of carbonyl (C=O) groups is 2. The minimum Gasteiger partial charge on any atom is -0.481 e. The Bertz CT molecular complexity index is 490. The van der Waals surface area contributed by atoms with Gasteiger partial charge in [0, 0.05) is 13.6 Å². The van der Waals surface area contributed by atoms with E-state index in [0.29, 0.717) is 18.4 Å². The summed E-state index contributed by atoms with van der Waals surface area (Å²) >= 11 is 0. The van der Waals surface area contributed by atoms with Crippen molar-refractivity contribution in [2.24, 2.45) is 17.3 Å². The van der Waals surface area contributed by atoms with E-state index in [2.05, 4.69) is 38.8 Å². The molecule has 0 spiro atoms. The van der Waals surface area contributed by atoms with E-state index in [-0.39, 0.29) is 17.0 Å². The number of aliphatic carboxylic acids is 1. The van der Waals surface area contributed by atoms with Crippen LogP contribution in [-0.2, 0) is 9.53 Å². The van der Waals surface area contributed by atoms with Crippen LogP contribution in [0.3, 0.4) is 0 Å². The Morgan fingerprint density at radius 1 is 1.12 bits per heavy atom. The Balaban J connectivity index is 0.000000293. The fourth-order valence-corrected chi connectivity index (χ4v) is 3.94. The summed E-state index contributed by atoms with van der Waals surface area (Å²) in [5.41, 5.74) is -0.361. The van der Waals surface area contributed by atoms with E-state index in [1.165, 1.54) is 0 Å². The first-order valence-electron chi connectivity index (χ1n) is 9.56. The van der Waals surface area contributed by atoms with Gasteiger partial charge in [-0.15, -0.1) is 0 Å². The molecule has 5 nitrogen and oxygen atoms in total. The van der Waals surface area contributed by atoms with Gasteiger partial charge in [-0.1, -0.05) is 46.3 Å². The van der Waals surface area contributed by atoms with Gasteiger partial charge in [-0.2, -0.15) is 0 Å². The maximum absolute atomic E-state index is 11.5. The van der Waals surface area contributed by atoms with E-state index in [9.17, 15) is 9.59 Å². The Hall–Kier alpha value is -1.04. The van der Waals surface area contributed by atoms with Gasteiger partial charge in [0.15, 0.2) is 0 Å². The summed E-state index contributed by atoms with van der Waals surface area (Å²) in [6.07, 6.45) is 3.86. The lowest BCUT2D eigenvalue weighted by Crippen LogP contribution is -2.37. The predicted molar refractivity (Wildman–Crippen MR) is 104 cm³/mol. The average Bonchev–Trinajstić information content (AvgIpc) is 3.34. The minimum atomic E-state index is -1.09. The fourth-order valence-electron chi connectivity index (χ4n) is 3.23. The zero-order chi connectivity index (χ0) is 19.5. The van der Waals surface area contributed by atoms with Crippen LogP contribution in [0.15, 0.2) is 0 Å². The van der Waals surface area contributed by atoms with Crippen molar-refractivity contribution in [3.63, 3.8) is 0 Å². The van der Waals surface area contributed by atoms with Crippen LogP contribution >= 0.6 is 0 Å². The van der Waals surface area contributed by atoms with E-state index in [0.717, 1.165) is 31.7 Å². The molecule has 2 saturated carbocycles. The smallest absolute Gasteiger partial charge is 0.407 e. The number of ether oxygens (including phenoxy) is 1. The summed E-state index contributed by atoms with van der Waals surface area (Å²) < 4.78 is 5.21. The monoisotopic (exact) mass is 371 g/mol. The molecule has 4 atom stereocenters. The van der Waals surface area contributed by atoms with Crippen LogP contribution in [0, 0.1) is 17.3 Å². The lowest BCUT2D eigenvalue weighted by molar-refractivity contribution is -0.143. The van der Waals surface area contributed by atoms with E-state index >= 15 is 0 Å². The first-order chi connectivity index (χ1) is 11.4. The number of hydrogen-bond acceptors (Lipinski definition) is 3. The molecule has 0 aromatic heterocycles. The van der Waals surface area contributed by atoms with Gasteiger partial charge in [0.2, 0.25) is 0 Å². The Labute approximate surface area is 153 Å². The number of amides is 1. The van der Waals surface area contributed by atoms with Crippen molar-refractivity contribution < 1.29 is 19.4 Å². The zero-order valence-corrected chi connectivity index (χ0v) is 18.1. The number of nitrogens with one attached hydrogen (secondary N) is 1. The van der Waals surface area contributed by atoms with Gasteiger partial charge in [0.1, 0.15) is 0 Å². The van der Waals surface area contributed by atoms with Crippen molar-refractivity contribution >= 4 is 20.1 Å². The maximum Gasteiger partial charge on any atom is 0.407 e. The predicted octanol–water partition coefficient (Wildman–Crippen LogP) is 4.75. The Morgan fingerprint density at radius 3 is 2.00 bits per heavy atom. The molecule has 0 aromatic carbocycles. The number of carboxylic acids is 1. The highest BCUT2D eigenvalue weighted by molar-refractivity contribution is 6.76. The lowest BCUT2D eigenvalue weighted by Gasteiger charge is -2.17. The molecule has 25 heavy (non-hydrogen) atoms. The first-order valence-corrected chi connectivity index (χ1v) is 13.3. The van der Waals surface area contributed by atoms with E-state index in [4.69, 9.17) is 9.84 Å². The summed E-state index contributed by atoms with van der Waals surface area (Å²) in [7, 11) is -1.09. The largest absolute Gasteiger partial charge is 0.481 e. The summed E-state index contributed by atoms with van der Waals surface area (Å²) in [6, 6.07) is 1.04. The van der Waals surface area contributed by atoms with Crippen molar-refractivity contribution in [2.45, 2.75) is 84.6 Å². The number of alkyl carbamates (subject to hydrolysis) is 1. The summed E-state index contributed by atoms with van der Waals surface area (Å²) in [4.78, 5) is 22.0. The molecule has 0 heterocycles. The molecule has 2 aliphatic carbocycles. The topological polar surface area (TPSA) is 75.6 Å². The molecule has 0 aromatic rings. The molecule has 0 saturated heterocycles. The van der Waals surface area contributed by atoms with Crippen LogP contribution in [-0.4, -0.2) is 37.4 Å². The Morgan fingerprint density at radius 2 is 1.68 bits per heavy atom. The zero-order valence-electron chi connectivity index (χ0n) is 17.1. The SMILES string of the molecule is CCC1CC1(C)C(=O)O.CCC1CC1(C)NC(=O)OCC[Si](C)(C)C. The van der Waals surface area contributed by atoms with Crippen LogP contribution in [0.25, 0.3) is 0 Å². The molecule has 2 N–H and O–H groups in total. The Kier molecular flexibility index (Phi) is 7.13. The summed E-state index contributed by atoms with van der Waals surface area (Å²) in [6.45, 7) is 15.5. The second kappa shape index (κ2) is 8.10. The average molecular weight is 372 g/mol. The van der Waals surface area contributed by atoms with Crippen LogP contribution in [0.1, 0.15) is 53.4 Å². The highest BCUT2D eigenvalue weighted by Crippen LogP contribution is 2.54. The standard InChI is InChI=1S/C12H25NO2Si.C7H12O2/c1-6-10-9-12(10,2)13-11(14)15-7-8-16(3,4)5;1-3-5-4-7(5,2)6(8)9/h10H,6-9H2,1-5H3,(H,13,14);5H,3-4H2,1-2H3,(H,8,9). The minimum absolute atomic E-state index is 0.00495. The molecule has 0 bridgehead atoms. The number of rotatable bonds is 7. The quantitative estimate of drug-likeness (QED) is 0.633. The van der Waals surface area contributed by atoms with Gasteiger partial charge in [-0.05, 0) is 44.6 Å². The van der Waals surface area contributed by atoms with Gasteiger partial charge in [-0.3, -0.25) is 4.79 Å². The van der Waals surface area contributed by atoms with Crippen molar-refractivity contribution in [1.82, 2.24) is 5.32 Å². The van der Waals surface area contributed by atoms with E-state index < -0.39 is 14.0 Å². The van der Waals surface area contributed by atoms with Crippen LogP contribution in [0.4, 0.5) is 4.79 Å². The fraction of sp³-hybridized carbons (Fsp3) is 0.895. The molecule has 0 aliphatic heterocycles. The highest BCUT2D eigenvalue weighted by Gasteiger charge is 2.55. The van der Waals surface area contributed by atoms with Gasteiger partial charge in [-0.25, -0.2) is 4.79 Å². The molecule has 2 rings (SSSR count). The van der Waals surface area contributed by atoms with Crippen molar-refractivity contribution in [3.05, 3.63) is 0 Å². The number of hydrogen-bond donors (Lipinski definition) is 2. The second-order valence-electron chi connectivity index (χ2n) is 9.33. The molecule has 146 valence electrons. The highest BCUT2D eigenvalue weighted by atomic mass is 28.3. The molecular weight excluding hydrogens is 334 g/mol. The van der Waals surface area contributed by atoms with Gasteiger partial charge < -0.3 is 15.2 Å². The first kappa shape index (κ1) is 22.0. The molecule has 0 radical (unpaired) electrons. The third-order valence-corrected chi connectivity index (χ3v) is 7.47. The third kappa shape index (κ3) is 6.64. The normalized spacial score (nSPS) is 32.9. The van der Waals surface area contributed by atoms with Crippen LogP contribution in [0.2, 0.25) is 25.7 Å². The van der Waals surface area contributed by atoms with Gasteiger partial charge in [0.05, 0.1) is 12.0 Å². The molecule has 4 unspecified atom stereocenters. The maximum atomic E-state index is 11.5. The van der Waals surface area contributed by atoms with Crippen molar-refractivity contribution in [1.29, 1.82) is 0 Å². The molecular formula is C19H37NO4Si.